The second-order valence-corrected chi connectivity index (χ2v) is 5.74. The van der Waals surface area contributed by atoms with Gasteiger partial charge in [-0.05, 0) is 18.8 Å². The summed E-state index contributed by atoms with van der Waals surface area (Å²) < 4.78 is 0. The van der Waals surface area contributed by atoms with E-state index in [-0.39, 0.29) is 11.5 Å². The molecule has 0 saturated carbocycles. The maximum atomic E-state index is 9.92. The first kappa shape index (κ1) is 14.7. The summed E-state index contributed by atoms with van der Waals surface area (Å²) in [5, 5.41) is 16.0. The van der Waals surface area contributed by atoms with E-state index in [1.54, 1.807) is 0 Å². The van der Waals surface area contributed by atoms with Gasteiger partial charge < -0.3 is 15.7 Å². The molecule has 0 saturated heterocycles. The van der Waals surface area contributed by atoms with Gasteiger partial charge in [-0.25, -0.2) is 9.97 Å². The molecule has 1 heterocycles. The molecule has 102 valence electrons. The molecular formula is C13H24N4O. The van der Waals surface area contributed by atoms with E-state index >= 15 is 0 Å². The maximum absolute atomic E-state index is 9.92. The fourth-order valence-corrected chi connectivity index (χ4v) is 1.79. The number of hydrogen-bond donors (Lipinski definition) is 3. The normalized spacial score (nSPS) is 13.2. The van der Waals surface area contributed by atoms with Crippen molar-refractivity contribution < 1.29 is 5.11 Å². The van der Waals surface area contributed by atoms with Crippen LogP contribution in [-0.4, -0.2) is 34.8 Å². The van der Waals surface area contributed by atoms with Crippen LogP contribution in [0.15, 0.2) is 6.07 Å². The molecule has 5 heteroatoms. The summed E-state index contributed by atoms with van der Waals surface area (Å²) >= 11 is 0. The summed E-state index contributed by atoms with van der Waals surface area (Å²) in [5.74, 6) is 2.21. The largest absolute Gasteiger partial charge is 0.391 e. The highest BCUT2D eigenvalue weighted by atomic mass is 16.3. The first-order chi connectivity index (χ1) is 8.30. The van der Waals surface area contributed by atoms with E-state index in [0.717, 1.165) is 18.1 Å². The Bertz CT molecular complexity index is 387. The van der Waals surface area contributed by atoms with Crippen molar-refractivity contribution in [3.63, 3.8) is 0 Å². The topological polar surface area (TPSA) is 70.1 Å². The molecule has 3 N–H and O–H groups in total. The first-order valence-corrected chi connectivity index (χ1v) is 6.25. The van der Waals surface area contributed by atoms with Gasteiger partial charge >= 0.3 is 0 Å². The summed E-state index contributed by atoms with van der Waals surface area (Å²) in [5.41, 5.74) is 0.124. The number of nitrogens with one attached hydrogen (secondary N) is 2. The van der Waals surface area contributed by atoms with Crippen molar-refractivity contribution in [3.05, 3.63) is 11.9 Å². The van der Waals surface area contributed by atoms with Crippen LogP contribution in [0.3, 0.4) is 0 Å². The third kappa shape index (κ3) is 5.31. The first-order valence-electron chi connectivity index (χ1n) is 6.25. The highest BCUT2D eigenvalue weighted by Crippen LogP contribution is 2.21. The van der Waals surface area contributed by atoms with Crippen molar-refractivity contribution in [2.75, 3.05) is 24.2 Å². The van der Waals surface area contributed by atoms with Gasteiger partial charge in [0.05, 0.1) is 6.10 Å². The molecule has 0 spiro atoms. The van der Waals surface area contributed by atoms with Gasteiger partial charge in [0.1, 0.15) is 17.5 Å². The zero-order chi connectivity index (χ0) is 13.8. The average molecular weight is 252 g/mol. The quantitative estimate of drug-likeness (QED) is 0.748. The number of hydrogen-bond acceptors (Lipinski definition) is 5. The molecule has 18 heavy (non-hydrogen) atoms. The van der Waals surface area contributed by atoms with E-state index in [1.165, 1.54) is 0 Å². The minimum Gasteiger partial charge on any atom is -0.391 e. The molecule has 1 atom stereocenters. The van der Waals surface area contributed by atoms with Crippen molar-refractivity contribution >= 4 is 11.6 Å². The van der Waals surface area contributed by atoms with Crippen LogP contribution in [0.1, 0.15) is 33.0 Å². The molecular weight excluding hydrogens is 228 g/mol. The fourth-order valence-electron chi connectivity index (χ4n) is 1.79. The standard InChI is InChI=1S/C13H24N4O/c1-9-16-11(14-5)6-12(17-9)15-8-10(18)7-13(2,3)4/h6,10,18H,7-8H2,1-5H3,(H2,14,15,16,17). The minimum absolute atomic E-state index is 0.124. The van der Waals surface area contributed by atoms with E-state index in [4.69, 9.17) is 0 Å². The smallest absolute Gasteiger partial charge is 0.131 e. The van der Waals surface area contributed by atoms with Gasteiger partial charge in [-0.2, -0.15) is 0 Å². The second-order valence-electron chi connectivity index (χ2n) is 5.74. The number of rotatable bonds is 5. The number of aromatic nitrogens is 2. The van der Waals surface area contributed by atoms with Gasteiger partial charge in [0, 0.05) is 19.7 Å². The van der Waals surface area contributed by atoms with Crippen molar-refractivity contribution in [2.45, 2.75) is 40.2 Å². The summed E-state index contributed by atoms with van der Waals surface area (Å²) in [4.78, 5) is 8.49. The zero-order valence-corrected chi connectivity index (χ0v) is 11.9. The van der Waals surface area contributed by atoms with Crippen LogP contribution >= 0.6 is 0 Å². The molecule has 0 aromatic carbocycles. The third-order valence-electron chi connectivity index (χ3n) is 2.46. The highest BCUT2D eigenvalue weighted by Gasteiger charge is 2.16. The lowest BCUT2D eigenvalue weighted by Crippen LogP contribution is -2.25. The van der Waals surface area contributed by atoms with E-state index in [0.29, 0.717) is 12.4 Å². The Morgan fingerprint density at radius 1 is 1.28 bits per heavy atom. The van der Waals surface area contributed by atoms with Crippen LogP contribution in [0.4, 0.5) is 11.6 Å². The lowest BCUT2D eigenvalue weighted by molar-refractivity contribution is 0.132. The second kappa shape index (κ2) is 6.00. The highest BCUT2D eigenvalue weighted by molar-refractivity contribution is 5.47. The molecule has 5 nitrogen and oxygen atoms in total. The number of nitrogens with zero attached hydrogens (tertiary/aromatic N) is 2. The Labute approximate surface area is 109 Å². The number of aliphatic hydroxyl groups excluding tert-OH is 1. The molecule has 1 aromatic heterocycles. The maximum Gasteiger partial charge on any atom is 0.131 e. The molecule has 1 rings (SSSR count). The lowest BCUT2D eigenvalue weighted by Gasteiger charge is -2.22. The van der Waals surface area contributed by atoms with Gasteiger partial charge in [0.25, 0.3) is 0 Å². The molecule has 1 aromatic rings. The van der Waals surface area contributed by atoms with Gasteiger partial charge in [-0.3, -0.25) is 0 Å². The molecule has 0 bridgehead atoms. The molecule has 0 aliphatic heterocycles. The molecule has 0 radical (unpaired) electrons. The molecule has 0 aliphatic rings. The van der Waals surface area contributed by atoms with E-state index in [1.807, 2.05) is 20.0 Å². The summed E-state index contributed by atoms with van der Waals surface area (Å²) in [6.45, 7) is 8.69. The molecule has 1 unspecified atom stereocenters. The van der Waals surface area contributed by atoms with E-state index in [9.17, 15) is 5.11 Å². The van der Waals surface area contributed by atoms with Crippen LogP contribution in [0, 0.1) is 12.3 Å². The van der Waals surface area contributed by atoms with Gasteiger partial charge in [0.2, 0.25) is 0 Å². The third-order valence-corrected chi connectivity index (χ3v) is 2.46. The predicted octanol–water partition coefficient (Wildman–Crippen LogP) is 2.04. The fraction of sp³-hybridized carbons (Fsp3) is 0.692. The number of anilines is 2. The van der Waals surface area contributed by atoms with Crippen molar-refractivity contribution in [1.82, 2.24) is 9.97 Å². The van der Waals surface area contributed by atoms with Crippen molar-refractivity contribution in [2.24, 2.45) is 5.41 Å². The molecule has 0 aliphatic carbocycles. The van der Waals surface area contributed by atoms with Crippen LogP contribution in [0.5, 0.6) is 0 Å². The summed E-state index contributed by atoms with van der Waals surface area (Å²) in [6.07, 6.45) is 0.376. The van der Waals surface area contributed by atoms with Crippen LogP contribution in [0.25, 0.3) is 0 Å². The van der Waals surface area contributed by atoms with Crippen molar-refractivity contribution in [3.8, 4) is 0 Å². The molecule has 0 amide bonds. The van der Waals surface area contributed by atoms with Gasteiger partial charge in [-0.1, -0.05) is 20.8 Å². The van der Waals surface area contributed by atoms with Crippen LogP contribution < -0.4 is 10.6 Å². The number of aliphatic hydroxyl groups is 1. The van der Waals surface area contributed by atoms with Crippen LogP contribution in [-0.2, 0) is 0 Å². The Morgan fingerprint density at radius 2 is 1.89 bits per heavy atom. The van der Waals surface area contributed by atoms with Gasteiger partial charge in [0.15, 0.2) is 0 Å². The van der Waals surface area contributed by atoms with E-state index in [2.05, 4.69) is 41.4 Å². The Morgan fingerprint density at radius 3 is 2.44 bits per heavy atom. The zero-order valence-electron chi connectivity index (χ0n) is 11.9. The monoisotopic (exact) mass is 252 g/mol. The van der Waals surface area contributed by atoms with E-state index < -0.39 is 0 Å². The number of aryl methyl sites for hydroxylation is 1. The Balaban J connectivity index is 2.55. The van der Waals surface area contributed by atoms with Crippen molar-refractivity contribution in [1.29, 1.82) is 0 Å². The summed E-state index contributed by atoms with van der Waals surface area (Å²) in [6, 6.07) is 1.83. The predicted molar refractivity (Wildman–Crippen MR) is 74.9 cm³/mol. The Kier molecular flexibility index (Phi) is 4.90. The summed E-state index contributed by atoms with van der Waals surface area (Å²) in [7, 11) is 1.82. The minimum atomic E-state index is -0.377. The molecule has 0 fully saturated rings. The van der Waals surface area contributed by atoms with Gasteiger partial charge in [-0.15, -0.1) is 0 Å². The average Bonchev–Trinajstić information content (AvgIpc) is 2.23. The Hall–Kier alpha value is -1.36. The SMILES string of the molecule is CNc1cc(NCC(O)CC(C)(C)C)nc(C)n1. The van der Waals surface area contributed by atoms with Crippen LogP contribution in [0.2, 0.25) is 0 Å². The lowest BCUT2D eigenvalue weighted by atomic mass is 9.89.